The Morgan fingerprint density at radius 1 is 1.00 bits per heavy atom. The lowest BCUT2D eigenvalue weighted by molar-refractivity contribution is 0.146. The topological polar surface area (TPSA) is 81.9 Å². The number of nitrogens with two attached hydrogens (primary N) is 1. The maximum atomic E-state index is 13.0. The van der Waals surface area contributed by atoms with Crippen LogP contribution >= 0.6 is 0 Å². The molecule has 0 heterocycles. The van der Waals surface area contributed by atoms with Crippen LogP contribution in [-0.2, 0) is 21.3 Å². The molecule has 0 aliphatic heterocycles. The zero-order chi connectivity index (χ0) is 18.8. The van der Waals surface area contributed by atoms with Crippen molar-refractivity contribution in [1.29, 1.82) is 0 Å². The van der Waals surface area contributed by atoms with Crippen LogP contribution in [0, 0.1) is 0 Å². The Hall–Kier alpha value is -1.93. The van der Waals surface area contributed by atoms with E-state index in [1.165, 1.54) is 4.31 Å². The molecule has 2 aromatic rings. The first kappa shape index (κ1) is 20.4. The van der Waals surface area contributed by atoms with Crippen LogP contribution in [0.5, 0.6) is 5.75 Å². The van der Waals surface area contributed by atoms with Crippen molar-refractivity contribution >= 4 is 10.0 Å². The van der Waals surface area contributed by atoms with Gasteiger partial charge in [-0.1, -0.05) is 30.3 Å². The van der Waals surface area contributed by atoms with Crippen LogP contribution in [-0.4, -0.2) is 46.1 Å². The molecule has 142 valence electrons. The lowest BCUT2D eigenvalue weighted by Crippen LogP contribution is -2.32. The van der Waals surface area contributed by atoms with Crippen molar-refractivity contribution in [2.45, 2.75) is 17.9 Å². The molecule has 6 nitrogen and oxygen atoms in total. The Bertz CT molecular complexity index is 749. The average Bonchev–Trinajstić information content (AvgIpc) is 2.66. The van der Waals surface area contributed by atoms with Gasteiger partial charge in [0.25, 0.3) is 0 Å². The number of nitrogens with zero attached hydrogens (tertiary/aromatic N) is 1. The molecule has 0 aromatic heterocycles. The number of hydrogen-bond acceptors (Lipinski definition) is 5. The minimum atomic E-state index is -3.62. The van der Waals surface area contributed by atoms with Gasteiger partial charge in [-0.25, -0.2) is 8.42 Å². The molecule has 0 aliphatic carbocycles. The van der Waals surface area contributed by atoms with E-state index in [-0.39, 0.29) is 4.90 Å². The van der Waals surface area contributed by atoms with E-state index in [1.807, 2.05) is 30.3 Å². The summed E-state index contributed by atoms with van der Waals surface area (Å²) in [5.74, 6) is 0.609. The molecule has 0 saturated heterocycles. The van der Waals surface area contributed by atoms with Crippen LogP contribution in [0.4, 0.5) is 0 Å². The predicted octanol–water partition coefficient (Wildman–Crippen LogP) is 2.25. The zero-order valence-corrected chi connectivity index (χ0v) is 15.8. The van der Waals surface area contributed by atoms with Crippen LogP contribution in [0.3, 0.4) is 0 Å². The maximum absolute atomic E-state index is 13.0. The predicted molar refractivity (Wildman–Crippen MR) is 102 cm³/mol. The summed E-state index contributed by atoms with van der Waals surface area (Å²) in [6.45, 7) is 2.02. The number of ether oxygens (including phenoxy) is 2. The van der Waals surface area contributed by atoms with Crippen LogP contribution in [0.2, 0.25) is 0 Å². The average molecular weight is 378 g/mol. The zero-order valence-electron chi connectivity index (χ0n) is 15.0. The van der Waals surface area contributed by atoms with Crippen LogP contribution < -0.4 is 10.5 Å². The van der Waals surface area contributed by atoms with Crippen molar-refractivity contribution < 1.29 is 17.9 Å². The molecule has 2 rings (SSSR count). The molecule has 2 aromatic carbocycles. The van der Waals surface area contributed by atoms with Crippen molar-refractivity contribution in [3.8, 4) is 5.75 Å². The minimum absolute atomic E-state index is 0.240. The third-order valence-corrected chi connectivity index (χ3v) is 5.69. The fourth-order valence-electron chi connectivity index (χ4n) is 2.44. The van der Waals surface area contributed by atoms with E-state index in [4.69, 9.17) is 15.2 Å². The Labute approximate surface area is 155 Å². The van der Waals surface area contributed by atoms with Crippen molar-refractivity contribution in [2.75, 3.05) is 33.4 Å². The molecule has 2 N–H and O–H groups in total. The van der Waals surface area contributed by atoms with E-state index in [9.17, 15) is 8.42 Å². The monoisotopic (exact) mass is 378 g/mol. The first-order valence-electron chi connectivity index (χ1n) is 8.54. The third kappa shape index (κ3) is 5.81. The van der Waals surface area contributed by atoms with E-state index < -0.39 is 10.0 Å². The Morgan fingerprint density at radius 2 is 1.69 bits per heavy atom. The largest absolute Gasteiger partial charge is 0.491 e. The summed E-state index contributed by atoms with van der Waals surface area (Å²) in [5.41, 5.74) is 6.52. The minimum Gasteiger partial charge on any atom is -0.491 e. The third-order valence-electron chi connectivity index (χ3n) is 3.83. The van der Waals surface area contributed by atoms with Gasteiger partial charge >= 0.3 is 0 Å². The first-order valence-corrected chi connectivity index (χ1v) is 9.98. The van der Waals surface area contributed by atoms with Crippen LogP contribution in [0.25, 0.3) is 0 Å². The number of rotatable bonds is 11. The lowest BCUT2D eigenvalue weighted by Gasteiger charge is -2.22. The van der Waals surface area contributed by atoms with Gasteiger partial charge in [0.15, 0.2) is 0 Å². The standard InChI is InChI=1S/C19H26N2O4S/c1-24-14-15-25-18-8-10-19(11-9-18)26(22,23)21(13-5-12-20)16-17-6-3-2-4-7-17/h2-4,6-11H,5,12-16,20H2,1H3. The Balaban J connectivity index is 2.16. The number of benzene rings is 2. The highest BCUT2D eigenvalue weighted by molar-refractivity contribution is 7.89. The van der Waals surface area contributed by atoms with Gasteiger partial charge in [0.1, 0.15) is 12.4 Å². The summed E-state index contributed by atoms with van der Waals surface area (Å²) in [6, 6.07) is 16.0. The van der Waals surface area contributed by atoms with Crippen molar-refractivity contribution in [3.63, 3.8) is 0 Å². The van der Waals surface area contributed by atoms with Gasteiger partial charge in [-0.2, -0.15) is 4.31 Å². The van der Waals surface area contributed by atoms with E-state index in [0.29, 0.717) is 45.0 Å². The second-order valence-corrected chi connectivity index (χ2v) is 7.72. The van der Waals surface area contributed by atoms with Crippen LogP contribution in [0.1, 0.15) is 12.0 Å². The molecule has 26 heavy (non-hydrogen) atoms. The highest BCUT2D eigenvalue weighted by Crippen LogP contribution is 2.21. The highest BCUT2D eigenvalue weighted by Gasteiger charge is 2.24. The Kier molecular flexibility index (Phi) is 8.06. The second kappa shape index (κ2) is 10.3. The van der Waals surface area contributed by atoms with Gasteiger partial charge < -0.3 is 15.2 Å². The fourth-order valence-corrected chi connectivity index (χ4v) is 3.91. The summed E-state index contributed by atoms with van der Waals surface area (Å²) in [6.07, 6.45) is 0.601. The van der Waals surface area contributed by atoms with Crippen LogP contribution in [0.15, 0.2) is 59.5 Å². The quantitative estimate of drug-likeness (QED) is 0.607. The van der Waals surface area contributed by atoms with Gasteiger partial charge in [0, 0.05) is 20.2 Å². The first-order chi connectivity index (χ1) is 12.6. The van der Waals surface area contributed by atoms with Gasteiger partial charge in [-0.05, 0) is 42.8 Å². The normalized spacial score (nSPS) is 11.7. The highest BCUT2D eigenvalue weighted by atomic mass is 32.2. The number of methoxy groups -OCH3 is 1. The summed E-state index contributed by atoms with van der Waals surface area (Å²) < 4.78 is 38.0. The molecule has 0 fully saturated rings. The molecule has 0 bridgehead atoms. The van der Waals surface area contributed by atoms with E-state index >= 15 is 0 Å². The van der Waals surface area contributed by atoms with E-state index in [1.54, 1.807) is 31.4 Å². The molecule has 0 amide bonds. The molecule has 0 unspecified atom stereocenters. The fraction of sp³-hybridized carbons (Fsp3) is 0.368. The van der Waals surface area contributed by atoms with Gasteiger partial charge in [0.2, 0.25) is 10.0 Å². The SMILES string of the molecule is COCCOc1ccc(S(=O)(=O)N(CCCN)Cc2ccccc2)cc1. The molecule has 0 aliphatic rings. The van der Waals surface area contributed by atoms with Gasteiger partial charge in [0.05, 0.1) is 11.5 Å². The maximum Gasteiger partial charge on any atom is 0.243 e. The van der Waals surface area contributed by atoms with Crippen molar-refractivity contribution in [3.05, 3.63) is 60.2 Å². The summed E-state index contributed by atoms with van der Waals surface area (Å²) in [5, 5.41) is 0. The molecule has 7 heteroatoms. The molecule has 0 saturated carbocycles. The van der Waals surface area contributed by atoms with Gasteiger partial charge in [-0.15, -0.1) is 0 Å². The lowest BCUT2D eigenvalue weighted by atomic mass is 10.2. The Morgan fingerprint density at radius 3 is 2.31 bits per heavy atom. The van der Waals surface area contributed by atoms with Crippen molar-refractivity contribution in [1.82, 2.24) is 4.31 Å². The second-order valence-electron chi connectivity index (χ2n) is 5.78. The summed E-state index contributed by atoms with van der Waals surface area (Å²) in [7, 11) is -2.02. The smallest absolute Gasteiger partial charge is 0.243 e. The molecule has 0 spiro atoms. The van der Waals surface area contributed by atoms with Crippen molar-refractivity contribution in [2.24, 2.45) is 5.73 Å². The molecule has 0 atom stereocenters. The van der Waals surface area contributed by atoms with E-state index in [2.05, 4.69) is 0 Å². The molecule has 0 radical (unpaired) electrons. The number of sulfonamides is 1. The van der Waals surface area contributed by atoms with Gasteiger partial charge in [-0.3, -0.25) is 0 Å². The van der Waals surface area contributed by atoms with E-state index in [0.717, 1.165) is 5.56 Å². The summed E-state index contributed by atoms with van der Waals surface area (Å²) in [4.78, 5) is 0.240. The number of hydrogen-bond donors (Lipinski definition) is 1. The molecular formula is C19H26N2O4S. The summed E-state index contributed by atoms with van der Waals surface area (Å²) >= 11 is 0. The molecular weight excluding hydrogens is 352 g/mol.